The summed E-state index contributed by atoms with van der Waals surface area (Å²) in [6.07, 6.45) is -10.4. The topological polar surface area (TPSA) is 105 Å². The maximum Gasteiger partial charge on any atom is 0.458 e. The van der Waals surface area contributed by atoms with Crippen molar-refractivity contribution in [2.75, 3.05) is 27.4 Å². The van der Waals surface area contributed by atoms with Crippen molar-refractivity contribution in [3.8, 4) is 22.8 Å². The van der Waals surface area contributed by atoms with Gasteiger partial charge in [0.2, 0.25) is 5.76 Å². The van der Waals surface area contributed by atoms with Crippen LogP contribution in [0.3, 0.4) is 0 Å². The molecule has 0 fully saturated rings. The van der Waals surface area contributed by atoms with Crippen LogP contribution in [0.1, 0.15) is 98.1 Å². The van der Waals surface area contributed by atoms with Crippen molar-refractivity contribution in [1.82, 2.24) is 5.16 Å². The van der Waals surface area contributed by atoms with E-state index in [9.17, 15) is 31.4 Å². The number of ether oxygens (including phenoxy) is 4. The van der Waals surface area contributed by atoms with Gasteiger partial charge in [0.25, 0.3) is 0 Å². The zero-order chi connectivity index (χ0) is 42.7. The molecule has 3 aliphatic rings. The highest BCUT2D eigenvalue weighted by Gasteiger charge is 2.60. The van der Waals surface area contributed by atoms with Crippen LogP contribution in [-0.2, 0) is 20.5 Å². The second-order valence-electron chi connectivity index (χ2n) is 17.7. The molecule has 57 heavy (non-hydrogen) atoms. The van der Waals surface area contributed by atoms with E-state index in [1.54, 1.807) is 30.3 Å². The summed E-state index contributed by atoms with van der Waals surface area (Å²) < 4.78 is 105. The SMILES string of the molecule is COc1cc(C2=C(C(C)(C)C)C(C)(C)CO2)ccc1-c1cc(C(F)(F)F)on1.COc1cc(C2=C(C(C)(C)C)C(C)(C)CO2)ccc1C1=NOC(O)(C(F)(F)F)C1. The quantitative estimate of drug-likeness (QED) is 0.246. The van der Waals surface area contributed by atoms with Crippen LogP contribution in [0.5, 0.6) is 11.5 Å². The molecule has 0 radical (unpaired) electrons. The predicted molar refractivity (Wildman–Crippen MR) is 202 cm³/mol. The van der Waals surface area contributed by atoms with E-state index in [4.69, 9.17) is 18.9 Å². The van der Waals surface area contributed by atoms with Gasteiger partial charge in [-0.1, -0.05) is 91.7 Å². The summed E-state index contributed by atoms with van der Waals surface area (Å²) in [5.74, 6) is -2.21. The van der Waals surface area contributed by atoms with Gasteiger partial charge in [-0.15, -0.1) is 0 Å². The standard InChI is InChI=1S/C21H26F3NO4.C21H24F3NO3/c1-18(2,3)17-16(28-11-19(17,4)5)12-7-8-13(15(9-12)27-6)14-10-20(26,29-25-14)21(22,23)24;1-19(2,3)18-17(27-11-20(18,4)5)12-7-8-13(15(9-12)26-6)14-10-16(28-25-14)21(22,23)24/h7-9,26H,10-11H2,1-6H3;7-10H,11H2,1-6H3. The fraction of sp³-hybridized carbons (Fsp3) is 0.524. The average Bonchev–Trinajstić information content (AvgIpc) is 3.87. The molecule has 1 N–H and O–H groups in total. The van der Waals surface area contributed by atoms with Crippen molar-refractivity contribution in [3.05, 3.63) is 76.1 Å². The molecule has 1 atom stereocenters. The average molecular weight is 809 g/mol. The maximum absolute atomic E-state index is 13.0. The molecule has 6 rings (SSSR count). The summed E-state index contributed by atoms with van der Waals surface area (Å²) in [4.78, 5) is 4.32. The van der Waals surface area contributed by atoms with Crippen molar-refractivity contribution in [2.45, 2.75) is 93.8 Å². The Bertz CT molecular complexity index is 2100. The normalized spacial score (nSPS) is 20.7. The van der Waals surface area contributed by atoms with Gasteiger partial charge in [0, 0.05) is 39.2 Å². The number of nitrogens with zero attached hydrogens (tertiary/aromatic N) is 2. The van der Waals surface area contributed by atoms with Crippen LogP contribution >= 0.6 is 0 Å². The highest BCUT2D eigenvalue weighted by atomic mass is 19.4. The number of alkyl halides is 6. The number of aromatic nitrogens is 1. The third-order valence-electron chi connectivity index (χ3n) is 9.92. The Kier molecular flexibility index (Phi) is 11.1. The van der Waals surface area contributed by atoms with Gasteiger partial charge in [-0.25, -0.2) is 0 Å². The van der Waals surface area contributed by atoms with E-state index in [1.165, 1.54) is 19.8 Å². The summed E-state index contributed by atoms with van der Waals surface area (Å²) >= 11 is 0. The largest absolute Gasteiger partial charge is 0.496 e. The van der Waals surface area contributed by atoms with E-state index in [0.29, 0.717) is 35.8 Å². The first-order chi connectivity index (χ1) is 26.0. The lowest BCUT2D eigenvalue weighted by Crippen LogP contribution is -2.45. The number of hydrogen-bond donors (Lipinski definition) is 1. The Hall–Kier alpha value is -4.66. The van der Waals surface area contributed by atoms with E-state index < -0.39 is 30.3 Å². The van der Waals surface area contributed by atoms with E-state index in [-0.39, 0.29) is 33.1 Å². The Morgan fingerprint density at radius 3 is 1.53 bits per heavy atom. The van der Waals surface area contributed by atoms with Crippen LogP contribution < -0.4 is 9.47 Å². The summed E-state index contributed by atoms with van der Waals surface area (Å²) in [6.45, 7) is 22.4. The Balaban J connectivity index is 0.000000218. The molecule has 0 saturated carbocycles. The van der Waals surface area contributed by atoms with E-state index in [0.717, 1.165) is 34.3 Å². The molecule has 9 nitrogen and oxygen atoms in total. The molecule has 0 aliphatic carbocycles. The molecule has 2 aromatic carbocycles. The summed E-state index contributed by atoms with van der Waals surface area (Å²) in [5.41, 5.74) is 4.21. The molecule has 4 heterocycles. The number of halogens is 6. The highest BCUT2D eigenvalue weighted by molar-refractivity contribution is 6.04. The van der Waals surface area contributed by atoms with Crippen LogP contribution in [0, 0.1) is 21.7 Å². The first kappa shape index (κ1) is 43.5. The van der Waals surface area contributed by atoms with Gasteiger partial charge in [-0.3, -0.25) is 0 Å². The molecule has 0 bridgehead atoms. The number of benzene rings is 2. The van der Waals surface area contributed by atoms with E-state index in [1.807, 2.05) is 6.07 Å². The molecule has 1 unspecified atom stereocenters. The lowest BCUT2D eigenvalue weighted by Gasteiger charge is -2.31. The number of aliphatic hydroxyl groups is 1. The monoisotopic (exact) mass is 808 g/mol. The minimum Gasteiger partial charge on any atom is -0.496 e. The molecule has 0 amide bonds. The molecule has 0 spiro atoms. The van der Waals surface area contributed by atoms with Crippen LogP contribution in [0.15, 0.2) is 63.3 Å². The zero-order valence-corrected chi connectivity index (χ0v) is 34.2. The highest BCUT2D eigenvalue weighted by Crippen LogP contribution is 2.52. The van der Waals surface area contributed by atoms with Crippen LogP contribution in [0.25, 0.3) is 22.8 Å². The Morgan fingerprint density at radius 1 is 0.684 bits per heavy atom. The Morgan fingerprint density at radius 2 is 1.14 bits per heavy atom. The minimum atomic E-state index is -4.96. The van der Waals surface area contributed by atoms with Gasteiger partial charge in [-0.2, -0.15) is 26.3 Å². The third-order valence-corrected chi connectivity index (χ3v) is 9.92. The van der Waals surface area contributed by atoms with Crippen LogP contribution in [0.4, 0.5) is 26.3 Å². The van der Waals surface area contributed by atoms with Crippen molar-refractivity contribution in [2.24, 2.45) is 26.8 Å². The molecule has 15 heteroatoms. The van der Waals surface area contributed by atoms with E-state index in [2.05, 4.69) is 88.9 Å². The number of oxime groups is 1. The van der Waals surface area contributed by atoms with Gasteiger partial charge < -0.3 is 33.4 Å². The van der Waals surface area contributed by atoms with Crippen molar-refractivity contribution < 1.29 is 59.8 Å². The van der Waals surface area contributed by atoms with Crippen molar-refractivity contribution in [3.63, 3.8) is 0 Å². The first-order valence-electron chi connectivity index (χ1n) is 18.3. The van der Waals surface area contributed by atoms with Crippen LogP contribution in [0.2, 0.25) is 0 Å². The van der Waals surface area contributed by atoms with Crippen LogP contribution in [-0.4, -0.2) is 55.4 Å². The van der Waals surface area contributed by atoms with Gasteiger partial charge in [-0.05, 0) is 46.2 Å². The number of rotatable bonds is 6. The molecule has 3 aliphatic heterocycles. The fourth-order valence-corrected chi connectivity index (χ4v) is 7.94. The van der Waals surface area contributed by atoms with Crippen molar-refractivity contribution in [1.29, 1.82) is 0 Å². The summed E-state index contributed by atoms with van der Waals surface area (Å²) in [6, 6.07) is 11.2. The number of methoxy groups -OCH3 is 2. The fourth-order valence-electron chi connectivity index (χ4n) is 7.94. The third kappa shape index (κ3) is 8.63. The Labute approximate surface area is 328 Å². The molecular formula is C42H50F6N2O7. The predicted octanol–water partition coefficient (Wildman–Crippen LogP) is 11.1. The molecular weight excluding hydrogens is 758 g/mol. The van der Waals surface area contributed by atoms with Gasteiger partial charge in [0.1, 0.15) is 28.7 Å². The summed E-state index contributed by atoms with van der Waals surface area (Å²) in [5, 5.41) is 16.7. The number of hydrogen-bond acceptors (Lipinski definition) is 9. The maximum atomic E-state index is 13.0. The molecule has 1 aromatic heterocycles. The van der Waals surface area contributed by atoms with Gasteiger partial charge in [0.15, 0.2) is 0 Å². The smallest absolute Gasteiger partial charge is 0.458 e. The second kappa shape index (κ2) is 14.6. The minimum absolute atomic E-state index is 0.0362. The molecule has 312 valence electrons. The zero-order valence-electron chi connectivity index (χ0n) is 34.2. The lowest BCUT2D eigenvalue weighted by atomic mass is 9.71. The van der Waals surface area contributed by atoms with Gasteiger partial charge >= 0.3 is 18.1 Å². The first-order valence-corrected chi connectivity index (χ1v) is 18.3. The lowest BCUT2D eigenvalue weighted by molar-refractivity contribution is -0.355. The molecule has 0 saturated heterocycles. The molecule has 3 aromatic rings. The van der Waals surface area contributed by atoms with Crippen molar-refractivity contribution >= 4 is 17.2 Å². The second-order valence-corrected chi connectivity index (χ2v) is 17.7. The summed E-state index contributed by atoms with van der Waals surface area (Å²) in [7, 11) is 2.89. The van der Waals surface area contributed by atoms with E-state index >= 15 is 0 Å². The van der Waals surface area contributed by atoms with Gasteiger partial charge in [0.05, 0.1) is 39.6 Å².